The highest BCUT2D eigenvalue weighted by Crippen LogP contribution is 2.59. The number of halogens is 1. The summed E-state index contributed by atoms with van der Waals surface area (Å²) in [6.45, 7) is 12.3. The zero-order chi connectivity index (χ0) is 31.6. The number of nitrogens with zero attached hydrogens (tertiary/aromatic N) is 3. The number of hydrogen-bond acceptors (Lipinski definition) is 5. The molecule has 2 unspecified atom stereocenters. The number of ether oxygens (including phenoxy) is 1. The molecule has 6 atom stereocenters. The topological polar surface area (TPSA) is 90.4 Å². The number of benzene rings is 2. The number of aliphatic hydroxyl groups is 1. The Morgan fingerprint density at radius 3 is 2.41 bits per heavy atom. The highest BCUT2D eigenvalue weighted by atomic mass is 35.5. The average molecular weight is 620 g/mol. The number of fused-ring (bicyclic) bond motifs is 1. The molecule has 3 heterocycles. The third kappa shape index (κ3) is 5.59. The third-order valence-corrected chi connectivity index (χ3v) is 9.52. The molecule has 0 aliphatic carbocycles. The molecule has 0 saturated carbocycles. The lowest BCUT2D eigenvalue weighted by Crippen LogP contribution is -2.59. The molecule has 2 bridgehead atoms. The zero-order valence-electron chi connectivity index (χ0n) is 25.5. The fraction of sp³-hybridized carbons (Fsp3) is 0.457. The first-order valence-corrected chi connectivity index (χ1v) is 15.8. The van der Waals surface area contributed by atoms with Gasteiger partial charge < -0.3 is 24.5 Å². The van der Waals surface area contributed by atoms with Gasteiger partial charge in [-0.1, -0.05) is 80.1 Å². The molecule has 5 rings (SSSR count). The van der Waals surface area contributed by atoms with Gasteiger partial charge in [-0.25, -0.2) is 0 Å². The molecule has 3 aliphatic heterocycles. The van der Waals surface area contributed by atoms with Crippen molar-refractivity contribution in [2.24, 2.45) is 17.8 Å². The number of anilines is 1. The van der Waals surface area contributed by atoms with Crippen LogP contribution in [-0.2, 0) is 25.7 Å². The van der Waals surface area contributed by atoms with Crippen LogP contribution in [0.15, 0.2) is 79.9 Å². The van der Waals surface area contributed by atoms with Crippen molar-refractivity contribution in [2.75, 3.05) is 24.6 Å². The quantitative estimate of drug-likeness (QED) is 0.324. The van der Waals surface area contributed by atoms with E-state index in [2.05, 4.69) is 13.2 Å². The van der Waals surface area contributed by atoms with Gasteiger partial charge in [0.25, 0.3) is 5.91 Å². The van der Waals surface area contributed by atoms with E-state index in [1.165, 1.54) is 9.80 Å². The minimum atomic E-state index is -1.21. The number of carbonyl (C=O) groups excluding carboxylic acids is 3. The van der Waals surface area contributed by atoms with Crippen molar-refractivity contribution in [3.8, 4) is 0 Å². The molecule has 234 valence electrons. The molecule has 0 aromatic heterocycles. The molecule has 3 fully saturated rings. The Morgan fingerprint density at radius 1 is 1.09 bits per heavy atom. The van der Waals surface area contributed by atoms with Gasteiger partial charge in [-0.05, 0) is 42.9 Å². The van der Waals surface area contributed by atoms with Gasteiger partial charge in [0.2, 0.25) is 11.8 Å². The molecule has 1 N–H and O–H groups in total. The molecule has 0 radical (unpaired) electrons. The highest BCUT2D eigenvalue weighted by Gasteiger charge is 2.75. The zero-order valence-corrected chi connectivity index (χ0v) is 26.2. The van der Waals surface area contributed by atoms with Crippen LogP contribution in [0, 0.1) is 17.8 Å². The Labute approximate surface area is 264 Å². The van der Waals surface area contributed by atoms with Gasteiger partial charge in [0, 0.05) is 19.6 Å². The predicted molar refractivity (Wildman–Crippen MR) is 171 cm³/mol. The van der Waals surface area contributed by atoms with E-state index in [4.69, 9.17) is 16.3 Å². The van der Waals surface area contributed by atoms with Crippen molar-refractivity contribution in [2.45, 2.75) is 63.4 Å². The SMILES string of the molecule is C=CCN(Cc1ccccc1)C(=O)[C@@H]1[C@@H]2CCC3(O2)C(C(=O)N(CC=C)c2ccccc2Cl)N([C@@H](CO)CC(C)C)C(=O)[C@H]13. The Morgan fingerprint density at radius 2 is 1.77 bits per heavy atom. The second-order valence-corrected chi connectivity index (χ2v) is 12.9. The normalized spacial score (nSPS) is 26.0. The van der Waals surface area contributed by atoms with E-state index >= 15 is 0 Å². The Balaban J connectivity index is 1.58. The standard InChI is InChI=1S/C35H42ClN3O5/c1-5-18-37(21-24-12-8-7-9-13-24)32(41)29-28-16-17-35(44-28)30(29)33(42)39(25(22-40)20-23(3)4)31(35)34(43)38(19-6-2)27-15-11-10-14-26(27)36/h5-15,23,25,28-31,40H,1-2,16-22H2,3-4H3/t25-,28+,29-,30+,31?,35?/m1/s1. The van der Waals surface area contributed by atoms with E-state index in [-0.39, 0.29) is 36.8 Å². The number of rotatable bonds is 13. The summed E-state index contributed by atoms with van der Waals surface area (Å²) in [6, 6.07) is 15.1. The summed E-state index contributed by atoms with van der Waals surface area (Å²) in [6.07, 6.45) is 4.29. The monoisotopic (exact) mass is 619 g/mol. The minimum Gasteiger partial charge on any atom is -0.394 e. The van der Waals surface area contributed by atoms with Crippen molar-refractivity contribution in [1.82, 2.24) is 9.80 Å². The average Bonchev–Trinajstić information content (AvgIpc) is 3.66. The Hall–Kier alpha value is -3.46. The second kappa shape index (κ2) is 13.3. The fourth-order valence-corrected chi connectivity index (χ4v) is 7.76. The van der Waals surface area contributed by atoms with E-state index in [0.29, 0.717) is 43.1 Å². The van der Waals surface area contributed by atoms with Gasteiger partial charge in [0.1, 0.15) is 11.6 Å². The van der Waals surface area contributed by atoms with Crippen LogP contribution in [0.1, 0.15) is 38.7 Å². The largest absolute Gasteiger partial charge is 0.394 e. The molecule has 1 spiro atoms. The maximum Gasteiger partial charge on any atom is 0.253 e. The summed E-state index contributed by atoms with van der Waals surface area (Å²) in [4.78, 5) is 48.6. The molecule has 3 amide bonds. The summed E-state index contributed by atoms with van der Waals surface area (Å²) < 4.78 is 6.70. The number of aliphatic hydroxyl groups excluding tert-OH is 1. The van der Waals surface area contributed by atoms with Crippen LogP contribution in [0.2, 0.25) is 5.02 Å². The number of hydrogen-bond donors (Lipinski definition) is 1. The number of amides is 3. The summed E-state index contributed by atoms with van der Waals surface area (Å²) in [5, 5.41) is 11.0. The lowest BCUT2D eigenvalue weighted by atomic mass is 9.70. The molecular formula is C35H42ClN3O5. The van der Waals surface area contributed by atoms with Crippen LogP contribution < -0.4 is 4.90 Å². The molecule has 3 saturated heterocycles. The van der Waals surface area contributed by atoms with Gasteiger partial charge >= 0.3 is 0 Å². The molecule has 2 aromatic carbocycles. The predicted octanol–water partition coefficient (Wildman–Crippen LogP) is 4.86. The van der Waals surface area contributed by atoms with E-state index in [0.717, 1.165) is 5.56 Å². The lowest BCUT2D eigenvalue weighted by molar-refractivity contribution is -0.147. The second-order valence-electron chi connectivity index (χ2n) is 12.4. The van der Waals surface area contributed by atoms with Crippen LogP contribution in [0.25, 0.3) is 0 Å². The molecule has 44 heavy (non-hydrogen) atoms. The molecule has 9 heteroatoms. The smallest absolute Gasteiger partial charge is 0.253 e. The maximum atomic E-state index is 14.8. The third-order valence-electron chi connectivity index (χ3n) is 9.20. The number of carbonyl (C=O) groups is 3. The Bertz CT molecular complexity index is 1400. The van der Waals surface area contributed by atoms with Gasteiger partial charge in [-0.2, -0.15) is 0 Å². The van der Waals surface area contributed by atoms with Crippen LogP contribution in [0.3, 0.4) is 0 Å². The van der Waals surface area contributed by atoms with Crippen molar-refractivity contribution >= 4 is 35.0 Å². The summed E-state index contributed by atoms with van der Waals surface area (Å²) in [5.74, 6) is -2.34. The van der Waals surface area contributed by atoms with Crippen LogP contribution in [0.5, 0.6) is 0 Å². The van der Waals surface area contributed by atoms with Crippen molar-refractivity contribution in [3.63, 3.8) is 0 Å². The molecule has 3 aliphatic rings. The summed E-state index contributed by atoms with van der Waals surface area (Å²) in [7, 11) is 0. The van der Waals surface area contributed by atoms with Gasteiger partial charge in [0.05, 0.1) is 41.3 Å². The first-order chi connectivity index (χ1) is 21.2. The van der Waals surface area contributed by atoms with Crippen molar-refractivity contribution < 1.29 is 24.2 Å². The summed E-state index contributed by atoms with van der Waals surface area (Å²) >= 11 is 6.57. The van der Waals surface area contributed by atoms with Crippen LogP contribution in [0.4, 0.5) is 5.69 Å². The first-order valence-electron chi connectivity index (χ1n) is 15.4. The first kappa shape index (κ1) is 31.9. The Kier molecular flexibility index (Phi) is 9.63. The van der Waals surface area contributed by atoms with Gasteiger partial charge in [0.15, 0.2) is 0 Å². The fourth-order valence-electron chi connectivity index (χ4n) is 7.52. The van der Waals surface area contributed by atoms with Crippen LogP contribution >= 0.6 is 11.6 Å². The number of para-hydroxylation sites is 1. The van der Waals surface area contributed by atoms with Gasteiger partial charge in [-0.3, -0.25) is 14.4 Å². The van der Waals surface area contributed by atoms with E-state index < -0.39 is 35.6 Å². The number of likely N-dealkylation sites (tertiary alicyclic amines) is 1. The van der Waals surface area contributed by atoms with E-state index in [1.807, 2.05) is 44.2 Å². The summed E-state index contributed by atoms with van der Waals surface area (Å²) in [5.41, 5.74) is 0.249. The van der Waals surface area contributed by atoms with Gasteiger partial charge in [-0.15, -0.1) is 13.2 Å². The van der Waals surface area contributed by atoms with Crippen molar-refractivity contribution in [3.05, 3.63) is 90.5 Å². The molecule has 8 nitrogen and oxygen atoms in total. The van der Waals surface area contributed by atoms with E-state index in [9.17, 15) is 19.5 Å². The highest BCUT2D eigenvalue weighted by molar-refractivity contribution is 6.34. The minimum absolute atomic E-state index is 0.144. The molecular weight excluding hydrogens is 578 g/mol. The van der Waals surface area contributed by atoms with Crippen molar-refractivity contribution in [1.29, 1.82) is 0 Å². The lowest BCUT2D eigenvalue weighted by Gasteiger charge is -2.39. The maximum absolute atomic E-state index is 14.8. The van der Waals surface area contributed by atoms with E-state index in [1.54, 1.807) is 41.3 Å². The van der Waals surface area contributed by atoms with Crippen LogP contribution in [-0.4, -0.2) is 76.1 Å². The molecule has 2 aromatic rings.